The van der Waals surface area contributed by atoms with Crippen LogP contribution < -0.4 is 10.6 Å². The number of hydrogen-bond donors (Lipinski definition) is 2. The Hall–Kier alpha value is -1.30. The van der Waals surface area contributed by atoms with Crippen LogP contribution in [0.5, 0.6) is 0 Å². The first-order chi connectivity index (χ1) is 11.2. The largest absolute Gasteiger partial charge is 0.385 e. The summed E-state index contributed by atoms with van der Waals surface area (Å²) in [5.41, 5.74) is 0. The third kappa shape index (κ3) is 8.21. The number of methoxy groups -OCH3 is 1. The van der Waals surface area contributed by atoms with Gasteiger partial charge in [0.1, 0.15) is 0 Å². The van der Waals surface area contributed by atoms with E-state index in [4.69, 9.17) is 9.73 Å². The van der Waals surface area contributed by atoms with Crippen LogP contribution >= 0.6 is 0 Å². The van der Waals surface area contributed by atoms with Crippen molar-refractivity contribution in [3.63, 3.8) is 0 Å². The lowest BCUT2D eigenvalue weighted by atomic mass is 9.93. The third-order valence-corrected chi connectivity index (χ3v) is 4.27. The van der Waals surface area contributed by atoms with E-state index >= 15 is 0 Å². The number of ether oxygens (including phenoxy) is 1. The molecule has 1 aliphatic rings. The molecule has 2 N–H and O–H groups in total. The number of amides is 1. The molecule has 0 unspecified atom stereocenters. The number of carbonyl (C=O) groups is 1. The molecular weight excluding hydrogens is 292 g/mol. The minimum Gasteiger partial charge on any atom is -0.385 e. The number of nitrogens with zero attached hydrogens (tertiary/aromatic N) is 2. The zero-order chi connectivity index (χ0) is 16.9. The van der Waals surface area contributed by atoms with Gasteiger partial charge in [0.2, 0.25) is 5.91 Å². The Balaban J connectivity index is 2.35. The Kier molecular flexibility index (Phi) is 10.4. The lowest BCUT2D eigenvalue weighted by molar-refractivity contribution is -0.121. The van der Waals surface area contributed by atoms with Crippen molar-refractivity contribution in [2.75, 3.05) is 46.9 Å². The van der Waals surface area contributed by atoms with Crippen LogP contribution in [0.4, 0.5) is 0 Å². The minimum atomic E-state index is 0.153. The number of carbonyl (C=O) groups excluding carboxylic acids is 1. The van der Waals surface area contributed by atoms with Gasteiger partial charge in [0.05, 0.1) is 0 Å². The number of guanidine groups is 1. The van der Waals surface area contributed by atoms with Crippen molar-refractivity contribution in [1.29, 1.82) is 0 Å². The van der Waals surface area contributed by atoms with Crippen molar-refractivity contribution < 1.29 is 9.53 Å². The van der Waals surface area contributed by atoms with Crippen LogP contribution in [-0.2, 0) is 9.53 Å². The van der Waals surface area contributed by atoms with Crippen molar-refractivity contribution in [2.45, 2.75) is 45.4 Å². The molecule has 1 amide bonds. The highest BCUT2D eigenvalue weighted by molar-refractivity contribution is 5.80. The Bertz CT molecular complexity index is 353. The van der Waals surface area contributed by atoms with E-state index in [2.05, 4.69) is 22.5 Å². The van der Waals surface area contributed by atoms with E-state index in [1.807, 2.05) is 0 Å². The summed E-state index contributed by atoms with van der Waals surface area (Å²) >= 11 is 0. The van der Waals surface area contributed by atoms with Crippen molar-refractivity contribution in [3.05, 3.63) is 0 Å². The average molecular weight is 326 g/mol. The first-order valence-corrected chi connectivity index (χ1v) is 8.94. The highest BCUT2D eigenvalue weighted by atomic mass is 16.5. The molecule has 0 aromatic heterocycles. The Labute approximate surface area is 141 Å². The Morgan fingerprint density at radius 3 is 2.61 bits per heavy atom. The van der Waals surface area contributed by atoms with Gasteiger partial charge in [0.25, 0.3) is 0 Å². The molecule has 1 heterocycles. The van der Waals surface area contributed by atoms with Crippen molar-refractivity contribution >= 4 is 11.9 Å². The maximum Gasteiger partial charge on any atom is 0.220 e. The molecule has 0 saturated carbocycles. The van der Waals surface area contributed by atoms with Gasteiger partial charge in [-0.3, -0.25) is 9.79 Å². The van der Waals surface area contributed by atoms with E-state index in [1.165, 1.54) is 0 Å². The molecular formula is C17H34N4O2. The molecule has 0 spiro atoms. The van der Waals surface area contributed by atoms with Gasteiger partial charge in [-0.05, 0) is 44.9 Å². The molecule has 0 aromatic rings. The number of unbranched alkanes of at least 4 members (excludes halogenated alkanes) is 2. The number of nitrogens with one attached hydrogen (secondary N) is 2. The van der Waals surface area contributed by atoms with E-state index in [0.29, 0.717) is 12.3 Å². The van der Waals surface area contributed by atoms with E-state index < -0.39 is 0 Å². The SMILES string of the molecule is CCNC(=NCCCCCOC)N1CCC(CC(=O)NC)CC1. The molecule has 1 saturated heterocycles. The number of likely N-dealkylation sites (tertiary alicyclic amines) is 1. The van der Waals surface area contributed by atoms with Crippen LogP contribution in [0.25, 0.3) is 0 Å². The first kappa shape index (κ1) is 19.7. The van der Waals surface area contributed by atoms with Crippen molar-refractivity contribution in [1.82, 2.24) is 15.5 Å². The predicted molar refractivity (Wildman–Crippen MR) is 94.7 cm³/mol. The second-order valence-electron chi connectivity index (χ2n) is 6.10. The molecule has 134 valence electrons. The van der Waals surface area contributed by atoms with Crippen LogP contribution in [0.3, 0.4) is 0 Å². The fourth-order valence-electron chi connectivity index (χ4n) is 2.86. The zero-order valence-corrected chi connectivity index (χ0v) is 15.1. The molecule has 0 radical (unpaired) electrons. The molecule has 0 aliphatic carbocycles. The van der Waals surface area contributed by atoms with E-state index in [0.717, 1.165) is 70.8 Å². The molecule has 6 nitrogen and oxygen atoms in total. The van der Waals surface area contributed by atoms with Gasteiger partial charge < -0.3 is 20.3 Å². The monoisotopic (exact) mass is 326 g/mol. The Morgan fingerprint density at radius 2 is 2.00 bits per heavy atom. The van der Waals surface area contributed by atoms with E-state index in [1.54, 1.807) is 14.2 Å². The van der Waals surface area contributed by atoms with Crippen LogP contribution in [0.2, 0.25) is 0 Å². The normalized spacial score (nSPS) is 16.5. The molecule has 0 atom stereocenters. The fourth-order valence-corrected chi connectivity index (χ4v) is 2.86. The Morgan fingerprint density at radius 1 is 1.26 bits per heavy atom. The van der Waals surface area contributed by atoms with Gasteiger partial charge in [-0.1, -0.05) is 0 Å². The van der Waals surface area contributed by atoms with Gasteiger partial charge in [-0.2, -0.15) is 0 Å². The predicted octanol–water partition coefficient (Wildman–Crippen LogP) is 1.62. The summed E-state index contributed by atoms with van der Waals surface area (Å²) in [4.78, 5) is 18.6. The number of rotatable bonds is 9. The summed E-state index contributed by atoms with van der Waals surface area (Å²) in [5, 5.41) is 6.11. The third-order valence-electron chi connectivity index (χ3n) is 4.27. The van der Waals surface area contributed by atoms with Crippen LogP contribution in [0.1, 0.15) is 45.4 Å². The van der Waals surface area contributed by atoms with Crippen LogP contribution in [0, 0.1) is 5.92 Å². The number of aliphatic imine (C=N–C) groups is 1. The van der Waals surface area contributed by atoms with Crippen molar-refractivity contribution in [3.8, 4) is 0 Å². The summed E-state index contributed by atoms with van der Waals surface area (Å²) < 4.78 is 5.06. The maximum absolute atomic E-state index is 11.5. The fraction of sp³-hybridized carbons (Fsp3) is 0.882. The molecule has 0 bridgehead atoms. The van der Waals surface area contributed by atoms with Gasteiger partial charge in [-0.15, -0.1) is 0 Å². The van der Waals surface area contributed by atoms with Gasteiger partial charge in [-0.25, -0.2) is 0 Å². The summed E-state index contributed by atoms with van der Waals surface area (Å²) in [6.45, 7) is 6.66. The standard InChI is InChI=1S/C17H34N4O2/c1-4-19-17(20-10-6-5-7-13-23-3)21-11-8-15(9-12-21)14-16(22)18-2/h15H,4-14H2,1-3H3,(H,18,22)(H,19,20). The first-order valence-electron chi connectivity index (χ1n) is 8.94. The van der Waals surface area contributed by atoms with Crippen LogP contribution in [-0.4, -0.2) is 63.7 Å². The summed E-state index contributed by atoms with van der Waals surface area (Å²) in [7, 11) is 3.45. The van der Waals surface area contributed by atoms with E-state index in [-0.39, 0.29) is 5.91 Å². The molecule has 1 aliphatic heterocycles. The van der Waals surface area contributed by atoms with Gasteiger partial charge >= 0.3 is 0 Å². The lowest BCUT2D eigenvalue weighted by Crippen LogP contribution is -2.46. The lowest BCUT2D eigenvalue weighted by Gasteiger charge is -2.34. The summed E-state index contributed by atoms with van der Waals surface area (Å²) in [5.74, 6) is 1.68. The summed E-state index contributed by atoms with van der Waals surface area (Å²) in [6, 6.07) is 0. The van der Waals surface area contributed by atoms with Gasteiger partial charge in [0, 0.05) is 53.4 Å². The molecule has 23 heavy (non-hydrogen) atoms. The van der Waals surface area contributed by atoms with Crippen molar-refractivity contribution in [2.24, 2.45) is 10.9 Å². The maximum atomic E-state index is 11.5. The highest BCUT2D eigenvalue weighted by Gasteiger charge is 2.22. The topological polar surface area (TPSA) is 66.0 Å². The minimum absolute atomic E-state index is 0.153. The summed E-state index contributed by atoms with van der Waals surface area (Å²) in [6.07, 6.45) is 6.14. The quantitative estimate of drug-likeness (QED) is 0.384. The molecule has 1 fully saturated rings. The zero-order valence-electron chi connectivity index (χ0n) is 15.1. The molecule has 1 rings (SSSR count). The highest BCUT2D eigenvalue weighted by Crippen LogP contribution is 2.20. The smallest absolute Gasteiger partial charge is 0.220 e. The van der Waals surface area contributed by atoms with Crippen LogP contribution in [0.15, 0.2) is 4.99 Å². The number of piperidine rings is 1. The van der Waals surface area contributed by atoms with E-state index in [9.17, 15) is 4.79 Å². The second-order valence-corrected chi connectivity index (χ2v) is 6.10. The second kappa shape index (κ2) is 12.2. The molecule has 0 aromatic carbocycles. The molecule has 6 heteroatoms. The van der Waals surface area contributed by atoms with Gasteiger partial charge in [0.15, 0.2) is 5.96 Å². The number of hydrogen-bond acceptors (Lipinski definition) is 3. The average Bonchev–Trinajstić information content (AvgIpc) is 2.57.